The number of hydrogen-bond acceptors (Lipinski definition) is 5. The molecule has 5 nitrogen and oxygen atoms in total. The standard InChI is InChI=1S/C12H16O5/c1-14-8-3-4-10(11(5-8)15-2)12-16-7-9(6-13)17-12/h3-5,9,12-13H,6-7H2,1-2H3. The van der Waals surface area contributed by atoms with E-state index in [2.05, 4.69) is 0 Å². The third kappa shape index (κ3) is 2.52. The Bertz CT molecular complexity index is 379. The number of benzene rings is 1. The van der Waals surface area contributed by atoms with E-state index in [-0.39, 0.29) is 12.7 Å². The van der Waals surface area contributed by atoms with Crippen LogP contribution in [0, 0.1) is 0 Å². The number of aliphatic hydroxyl groups excluding tert-OH is 1. The van der Waals surface area contributed by atoms with E-state index in [1.54, 1.807) is 20.3 Å². The maximum Gasteiger partial charge on any atom is 0.188 e. The molecule has 17 heavy (non-hydrogen) atoms. The molecule has 2 atom stereocenters. The van der Waals surface area contributed by atoms with Gasteiger partial charge in [0.05, 0.1) is 27.4 Å². The number of methoxy groups -OCH3 is 2. The van der Waals surface area contributed by atoms with Crippen LogP contribution < -0.4 is 9.47 Å². The monoisotopic (exact) mass is 240 g/mol. The smallest absolute Gasteiger partial charge is 0.188 e. The Morgan fingerprint density at radius 2 is 2.18 bits per heavy atom. The molecule has 1 aromatic rings. The molecule has 1 heterocycles. The van der Waals surface area contributed by atoms with Gasteiger partial charge in [-0.15, -0.1) is 0 Å². The summed E-state index contributed by atoms with van der Waals surface area (Å²) in [6.07, 6.45) is -0.764. The molecular weight excluding hydrogens is 224 g/mol. The summed E-state index contributed by atoms with van der Waals surface area (Å²) in [5.74, 6) is 1.36. The van der Waals surface area contributed by atoms with Gasteiger partial charge in [0, 0.05) is 11.6 Å². The van der Waals surface area contributed by atoms with E-state index in [1.165, 1.54) is 0 Å². The van der Waals surface area contributed by atoms with Crippen molar-refractivity contribution in [2.75, 3.05) is 27.4 Å². The third-order valence-electron chi connectivity index (χ3n) is 2.65. The van der Waals surface area contributed by atoms with Gasteiger partial charge in [-0.2, -0.15) is 0 Å². The van der Waals surface area contributed by atoms with Crippen LogP contribution in [-0.2, 0) is 9.47 Å². The molecule has 2 rings (SSSR count). The van der Waals surface area contributed by atoms with Crippen LogP contribution in [0.3, 0.4) is 0 Å². The largest absolute Gasteiger partial charge is 0.497 e. The Kier molecular flexibility index (Phi) is 3.83. The second-order valence-corrected chi connectivity index (χ2v) is 3.71. The van der Waals surface area contributed by atoms with Crippen molar-refractivity contribution in [2.45, 2.75) is 12.4 Å². The van der Waals surface area contributed by atoms with Crippen LogP contribution in [0.1, 0.15) is 11.9 Å². The molecule has 1 aliphatic heterocycles. The van der Waals surface area contributed by atoms with Crippen LogP contribution in [0.2, 0.25) is 0 Å². The summed E-state index contributed by atoms with van der Waals surface area (Å²) in [4.78, 5) is 0. The van der Waals surface area contributed by atoms with E-state index < -0.39 is 6.29 Å². The molecule has 0 radical (unpaired) electrons. The molecule has 0 aromatic heterocycles. The van der Waals surface area contributed by atoms with Gasteiger partial charge >= 0.3 is 0 Å². The van der Waals surface area contributed by atoms with Crippen molar-refractivity contribution >= 4 is 0 Å². The lowest BCUT2D eigenvalue weighted by Crippen LogP contribution is -2.14. The van der Waals surface area contributed by atoms with Crippen LogP contribution in [-0.4, -0.2) is 38.6 Å². The topological polar surface area (TPSA) is 57.2 Å². The van der Waals surface area contributed by atoms with Gasteiger partial charge in [0.1, 0.15) is 17.6 Å². The Morgan fingerprint density at radius 3 is 2.76 bits per heavy atom. The first kappa shape index (κ1) is 12.2. The lowest BCUT2D eigenvalue weighted by molar-refractivity contribution is -0.0687. The van der Waals surface area contributed by atoms with Crippen molar-refractivity contribution < 1.29 is 24.1 Å². The zero-order valence-corrected chi connectivity index (χ0v) is 9.88. The molecular formula is C12H16O5. The summed E-state index contributed by atoms with van der Waals surface area (Å²) in [6, 6.07) is 5.42. The molecule has 1 saturated heterocycles. The fraction of sp³-hybridized carbons (Fsp3) is 0.500. The average molecular weight is 240 g/mol. The van der Waals surface area contributed by atoms with E-state index in [4.69, 9.17) is 24.1 Å². The molecule has 0 aliphatic carbocycles. The van der Waals surface area contributed by atoms with Gasteiger partial charge in [-0.05, 0) is 12.1 Å². The van der Waals surface area contributed by atoms with Crippen molar-refractivity contribution in [3.63, 3.8) is 0 Å². The highest BCUT2D eigenvalue weighted by atomic mass is 16.7. The molecule has 0 spiro atoms. The van der Waals surface area contributed by atoms with E-state index in [1.807, 2.05) is 12.1 Å². The van der Waals surface area contributed by atoms with E-state index in [9.17, 15) is 0 Å². The fourth-order valence-electron chi connectivity index (χ4n) is 1.72. The number of aliphatic hydroxyl groups is 1. The Balaban J connectivity index is 2.20. The minimum Gasteiger partial charge on any atom is -0.497 e. The van der Waals surface area contributed by atoms with Gasteiger partial charge < -0.3 is 24.1 Å². The second kappa shape index (κ2) is 5.35. The predicted molar refractivity (Wildman–Crippen MR) is 60.2 cm³/mol. The SMILES string of the molecule is COc1ccc(C2OCC(CO)O2)c(OC)c1. The van der Waals surface area contributed by atoms with Gasteiger partial charge in [0.2, 0.25) is 0 Å². The summed E-state index contributed by atoms with van der Waals surface area (Å²) >= 11 is 0. The molecule has 1 fully saturated rings. The van der Waals surface area contributed by atoms with Crippen molar-refractivity contribution in [3.05, 3.63) is 23.8 Å². The average Bonchev–Trinajstić information content (AvgIpc) is 2.86. The number of rotatable bonds is 4. The van der Waals surface area contributed by atoms with Crippen molar-refractivity contribution in [1.29, 1.82) is 0 Å². The molecule has 1 aromatic carbocycles. The summed E-state index contributed by atoms with van der Waals surface area (Å²) in [7, 11) is 3.18. The fourth-order valence-corrected chi connectivity index (χ4v) is 1.72. The molecule has 0 saturated carbocycles. The minimum absolute atomic E-state index is 0.0467. The van der Waals surface area contributed by atoms with E-state index >= 15 is 0 Å². The van der Waals surface area contributed by atoms with Crippen LogP contribution in [0.15, 0.2) is 18.2 Å². The van der Waals surface area contributed by atoms with Crippen LogP contribution in [0.5, 0.6) is 11.5 Å². The highest BCUT2D eigenvalue weighted by Gasteiger charge is 2.29. The summed E-state index contributed by atoms with van der Waals surface area (Å²) in [5, 5.41) is 8.98. The van der Waals surface area contributed by atoms with E-state index in [0.717, 1.165) is 5.56 Å². The van der Waals surface area contributed by atoms with Gasteiger partial charge in [-0.25, -0.2) is 0 Å². The Labute approximate surface area is 99.9 Å². The maximum atomic E-state index is 8.98. The quantitative estimate of drug-likeness (QED) is 0.854. The zero-order valence-electron chi connectivity index (χ0n) is 9.88. The Hall–Kier alpha value is -1.30. The second-order valence-electron chi connectivity index (χ2n) is 3.71. The normalized spacial score (nSPS) is 23.7. The van der Waals surface area contributed by atoms with Crippen LogP contribution in [0.4, 0.5) is 0 Å². The maximum absolute atomic E-state index is 8.98. The molecule has 1 N–H and O–H groups in total. The van der Waals surface area contributed by atoms with Crippen LogP contribution in [0.25, 0.3) is 0 Å². The van der Waals surface area contributed by atoms with Gasteiger partial charge in [-0.3, -0.25) is 0 Å². The first-order valence-corrected chi connectivity index (χ1v) is 5.38. The summed E-state index contributed by atoms with van der Waals surface area (Å²) in [5.41, 5.74) is 0.796. The highest BCUT2D eigenvalue weighted by Crippen LogP contribution is 2.35. The van der Waals surface area contributed by atoms with Crippen molar-refractivity contribution in [3.8, 4) is 11.5 Å². The molecule has 2 unspecified atom stereocenters. The van der Waals surface area contributed by atoms with Crippen molar-refractivity contribution in [2.24, 2.45) is 0 Å². The summed E-state index contributed by atoms with van der Waals surface area (Å²) < 4.78 is 21.4. The number of ether oxygens (including phenoxy) is 4. The molecule has 1 aliphatic rings. The first-order chi connectivity index (χ1) is 8.28. The third-order valence-corrected chi connectivity index (χ3v) is 2.65. The molecule has 94 valence electrons. The van der Waals surface area contributed by atoms with Crippen LogP contribution >= 0.6 is 0 Å². The molecule has 0 bridgehead atoms. The van der Waals surface area contributed by atoms with E-state index in [0.29, 0.717) is 18.1 Å². The highest BCUT2D eigenvalue weighted by molar-refractivity contribution is 5.41. The van der Waals surface area contributed by atoms with Gasteiger partial charge in [-0.1, -0.05) is 0 Å². The zero-order chi connectivity index (χ0) is 12.3. The van der Waals surface area contributed by atoms with Crippen molar-refractivity contribution in [1.82, 2.24) is 0 Å². The van der Waals surface area contributed by atoms with Gasteiger partial charge in [0.25, 0.3) is 0 Å². The van der Waals surface area contributed by atoms with Gasteiger partial charge in [0.15, 0.2) is 6.29 Å². The first-order valence-electron chi connectivity index (χ1n) is 5.38. The molecule has 0 amide bonds. The predicted octanol–water partition coefficient (Wildman–Crippen LogP) is 1.11. The summed E-state index contributed by atoms with van der Waals surface area (Å²) in [6.45, 7) is 0.339. The molecule has 5 heteroatoms. The lowest BCUT2D eigenvalue weighted by atomic mass is 10.2. The minimum atomic E-state index is -0.493. The number of hydrogen-bond donors (Lipinski definition) is 1. The lowest BCUT2D eigenvalue weighted by Gasteiger charge is -2.15. The Morgan fingerprint density at radius 1 is 1.35 bits per heavy atom.